The van der Waals surface area contributed by atoms with Gasteiger partial charge in [0.05, 0.1) is 13.0 Å². The normalized spacial score (nSPS) is 20.9. The van der Waals surface area contributed by atoms with Crippen LogP contribution in [0, 0.1) is 10.1 Å². The number of fused-ring (bicyclic) bond motifs is 7. The molecular formula is C27H24N2O4. The van der Waals surface area contributed by atoms with E-state index in [1.165, 1.54) is 11.3 Å². The minimum absolute atomic E-state index is 0.0711. The Balaban J connectivity index is 1.64. The van der Waals surface area contributed by atoms with Crippen LogP contribution in [0.3, 0.4) is 0 Å². The van der Waals surface area contributed by atoms with E-state index in [1.807, 2.05) is 48.5 Å². The molecule has 0 bridgehead atoms. The van der Waals surface area contributed by atoms with Gasteiger partial charge in [0, 0.05) is 40.0 Å². The molecule has 0 saturated heterocycles. The first-order chi connectivity index (χ1) is 16.1. The fourth-order valence-electron chi connectivity index (χ4n) is 5.73. The second kappa shape index (κ2) is 7.37. The molecule has 4 aromatic rings. The molecule has 0 saturated carbocycles. The van der Waals surface area contributed by atoms with E-state index in [0.717, 1.165) is 28.6 Å². The number of benzene rings is 3. The first-order valence-corrected chi connectivity index (χ1v) is 11.2. The number of methoxy groups -OCH3 is 1. The predicted octanol–water partition coefficient (Wildman–Crippen LogP) is 5.18. The van der Waals surface area contributed by atoms with Crippen molar-refractivity contribution in [3.63, 3.8) is 0 Å². The van der Waals surface area contributed by atoms with E-state index in [4.69, 9.17) is 9.47 Å². The Morgan fingerprint density at radius 3 is 2.70 bits per heavy atom. The maximum Gasteiger partial charge on any atom is 0.266 e. The summed E-state index contributed by atoms with van der Waals surface area (Å²) in [6, 6.07) is 24.3. The summed E-state index contributed by atoms with van der Waals surface area (Å²) >= 11 is 0. The maximum absolute atomic E-state index is 12.6. The third-order valence-corrected chi connectivity index (χ3v) is 7.30. The van der Waals surface area contributed by atoms with Crippen molar-refractivity contribution in [3.8, 4) is 11.5 Å². The van der Waals surface area contributed by atoms with Gasteiger partial charge < -0.3 is 14.0 Å². The van der Waals surface area contributed by atoms with Crippen molar-refractivity contribution in [1.29, 1.82) is 0 Å². The molecular weight excluding hydrogens is 416 g/mol. The van der Waals surface area contributed by atoms with Crippen LogP contribution < -0.4 is 9.47 Å². The number of rotatable bonds is 4. The quantitative estimate of drug-likeness (QED) is 0.324. The van der Waals surface area contributed by atoms with Crippen molar-refractivity contribution in [2.75, 3.05) is 13.7 Å². The van der Waals surface area contributed by atoms with Crippen LogP contribution in [0.25, 0.3) is 10.9 Å². The summed E-state index contributed by atoms with van der Waals surface area (Å²) < 4.78 is 13.8. The van der Waals surface area contributed by atoms with E-state index in [0.29, 0.717) is 24.3 Å². The molecule has 2 aliphatic rings. The molecule has 2 atom stereocenters. The van der Waals surface area contributed by atoms with E-state index in [1.54, 1.807) is 7.11 Å². The molecule has 0 amide bonds. The van der Waals surface area contributed by atoms with E-state index in [2.05, 4.69) is 28.8 Å². The van der Waals surface area contributed by atoms with Crippen LogP contribution >= 0.6 is 0 Å². The van der Waals surface area contributed by atoms with Gasteiger partial charge in [0.15, 0.2) is 6.61 Å². The zero-order chi connectivity index (χ0) is 22.6. The lowest BCUT2D eigenvalue weighted by Crippen LogP contribution is -2.54. The number of ether oxygens (including phenoxy) is 2. The Morgan fingerprint density at radius 2 is 1.91 bits per heavy atom. The molecule has 6 rings (SSSR count). The molecule has 6 heteroatoms. The second-order valence-corrected chi connectivity index (χ2v) is 8.94. The minimum Gasteiger partial charge on any atom is -0.497 e. The fraction of sp³-hybridized carbons (Fsp3) is 0.259. The van der Waals surface area contributed by atoms with Crippen molar-refractivity contribution < 1.29 is 14.4 Å². The number of nitro groups is 1. The van der Waals surface area contributed by atoms with Gasteiger partial charge in [-0.3, -0.25) is 10.1 Å². The van der Waals surface area contributed by atoms with Gasteiger partial charge in [-0.15, -0.1) is 0 Å². The maximum atomic E-state index is 12.6. The predicted molar refractivity (Wildman–Crippen MR) is 126 cm³/mol. The third kappa shape index (κ3) is 2.86. The lowest BCUT2D eigenvalue weighted by atomic mass is 9.67. The summed E-state index contributed by atoms with van der Waals surface area (Å²) in [5, 5.41) is 13.7. The summed E-state index contributed by atoms with van der Waals surface area (Å²) in [6.45, 7) is 0.804. The summed E-state index contributed by atoms with van der Waals surface area (Å²) in [7, 11) is 1.62. The first-order valence-electron chi connectivity index (χ1n) is 11.2. The Bertz CT molecular complexity index is 1380. The van der Waals surface area contributed by atoms with Crippen molar-refractivity contribution in [2.24, 2.45) is 0 Å². The number of aromatic nitrogens is 1. The zero-order valence-electron chi connectivity index (χ0n) is 18.4. The van der Waals surface area contributed by atoms with E-state index >= 15 is 0 Å². The van der Waals surface area contributed by atoms with Crippen LogP contribution in [0.1, 0.15) is 34.7 Å². The van der Waals surface area contributed by atoms with Crippen LogP contribution in [0.4, 0.5) is 0 Å². The molecule has 0 unspecified atom stereocenters. The molecule has 0 spiro atoms. The topological polar surface area (TPSA) is 66.5 Å². The average Bonchev–Trinajstić information content (AvgIpc) is 3.17. The highest BCUT2D eigenvalue weighted by Gasteiger charge is 2.59. The molecule has 6 nitrogen and oxygen atoms in total. The van der Waals surface area contributed by atoms with Gasteiger partial charge in [0.1, 0.15) is 11.5 Å². The van der Waals surface area contributed by atoms with Crippen LogP contribution in [-0.2, 0) is 13.0 Å². The highest BCUT2D eigenvalue weighted by molar-refractivity contribution is 5.88. The molecule has 33 heavy (non-hydrogen) atoms. The first kappa shape index (κ1) is 19.9. The van der Waals surface area contributed by atoms with Gasteiger partial charge in [-0.25, -0.2) is 0 Å². The number of nitrogens with zero attached hydrogens (tertiary/aromatic N) is 2. The average molecular weight is 440 g/mol. The molecule has 2 heterocycles. The monoisotopic (exact) mass is 440 g/mol. The fourth-order valence-corrected chi connectivity index (χ4v) is 5.73. The standard InChI is InChI=1S/C27H24N2O4/c1-32-19-11-12-24-21(15-19)26-25-20-9-5-6-10-22(20)28(16-18-7-3-2-4-8-18)23(25)13-14-27(26,17-33-24)29(30)31/h2-12,15,26H,13-14,16-17H2,1H3/t26-,27+/m0/s1. The van der Waals surface area contributed by atoms with Gasteiger partial charge in [-0.2, -0.15) is 0 Å². The molecule has 1 aliphatic carbocycles. The molecule has 166 valence electrons. The summed E-state index contributed by atoms with van der Waals surface area (Å²) in [5.41, 5.74) is 4.19. The summed E-state index contributed by atoms with van der Waals surface area (Å²) in [6.07, 6.45) is 1.07. The third-order valence-electron chi connectivity index (χ3n) is 7.30. The zero-order valence-corrected chi connectivity index (χ0v) is 18.4. The lowest BCUT2D eigenvalue weighted by molar-refractivity contribution is -0.579. The Labute approximate surface area is 191 Å². The van der Waals surface area contributed by atoms with Gasteiger partial charge in [-0.1, -0.05) is 48.5 Å². The highest BCUT2D eigenvalue weighted by atomic mass is 16.6. The Morgan fingerprint density at radius 1 is 1.12 bits per heavy atom. The van der Waals surface area contributed by atoms with Crippen molar-refractivity contribution >= 4 is 10.9 Å². The van der Waals surface area contributed by atoms with Crippen LogP contribution in [0.5, 0.6) is 11.5 Å². The number of hydrogen-bond donors (Lipinski definition) is 0. The van der Waals surface area contributed by atoms with E-state index < -0.39 is 11.5 Å². The van der Waals surface area contributed by atoms with Gasteiger partial charge >= 0.3 is 0 Å². The molecule has 1 aromatic heterocycles. The lowest BCUT2D eigenvalue weighted by Gasteiger charge is -2.41. The van der Waals surface area contributed by atoms with E-state index in [-0.39, 0.29) is 11.5 Å². The Hall–Kier alpha value is -3.80. The number of hydrogen-bond acceptors (Lipinski definition) is 4. The van der Waals surface area contributed by atoms with Crippen LogP contribution in [0.15, 0.2) is 72.8 Å². The van der Waals surface area contributed by atoms with Crippen molar-refractivity contribution in [1.82, 2.24) is 4.57 Å². The van der Waals surface area contributed by atoms with Crippen LogP contribution in [-0.4, -0.2) is 28.7 Å². The summed E-state index contributed by atoms with van der Waals surface area (Å²) in [5.74, 6) is 0.972. The smallest absolute Gasteiger partial charge is 0.266 e. The highest BCUT2D eigenvalue weighted by Crippen LogP contribution is 2.54. The summed E-state index contributed by atoms with van der Waals surface area (Å²) in [4.78, 5) is 12.5. The van der Waals surface area contributed by atoms with Crippen LogP contribution in [0.2, 0.25) is 0 Å². The number of para-hydroxylation sites is 1. The largest absolute Gasteiger partial charge is 0.497 e. The second-order valence-electron chi connectivity index (χ2n) is 8.94. The molecule has 3 aromatic carbocycles. The van der Waals surface area contributed by atoms with Gasteiger partial charge in [0.25, 0.3) is 5.54 Å². The molecule has 0 radical (unpaired) electrons. The SMILES string of the molecule is COc1ccc2c(c1)[C@H]1c3c(n(Cc4ccccc4)c4ccccc34)CC[C@@]1([N+](=O)[O-])CO2. The van der Waals surface area contributed by atoms with Crippen molar-refractivity contribution in [2.45, 2.75) is 30.8 Å². The molecule has 0 N–H and O–H groups in total. The molecule has 0 fully saturated rings. The van der Waals surface area contributed by atoms with Gasteiger partial charge in [-0.05, 0) is 41.8 Å². The minimum atomic E-state index is -1.20. The van der Waals surface area contributed by atoms with E-state index in [9.17, 15) is 10.1 Å². The Kier molecular flexibility index (Phi) is 4.43. The molecule has 1 aliphatic heterocycles. The van der Waals surface area contributed by atoms with Gasteiger partial charge in [0.2, 0.25) is 0 Å². The van der Waals surface area contributed by atoms with Crippen molar-refractivity contribution in [3.05, 3.63) is 105 Å².